The third kappa shape index (κ3) is 2.88. The van der Waals surface area contributed by atoms with Crippen LogP contribution in [0.25, 0.3) is 0 Å². The van der Waals surface area contributed by atoms with Gasteiger partial charge >= 0.3 is 5.97 Å². The first kappa shape index (κ1) is 13.0. The minimum absolute atomic E-state index is 0.320. The van der Waals surface area contributed by atoms with E-state index in [1.54, 1.807) is 11.3 Å². The van der Waals surface area contributed by atoms with Crippen molar-refractivity contribution < 1.29 is 14.6 Å². The van der Waals surface area contributed by atoms with Gasteiger partial charge in [-0.05, 0) is 29.0 Å². The first-order chi connectivity index (χ1) is 8.02. The smallest absolute Gasteiger partial charge is 0.315 e. The first-order valence-corrected chi connectivity index (χ1v) is 6.92. The van der Waals surface area contributed by atoms with Crippen molar-refractivity contribution in [1.82, 2.24) is 4.90 Å². The van der Waals surface area contributed by atoms with Crippen molar-refractivity contribution in [2.45, 2.75) is 6.54 Å². The number of hydrogen-bond donors (Lipinski definition) is 1. The second-order valence-corrected chi connectivity index (χ2v) is 6.39. The summed E-state index contributed by atoms with van der Waals surface area (Å²) in [5, 5.41) is 11.2. The van der Waals surface area contributed by atoms with Crippen LogP contribution in [0.15, 0.2) is 15.9 Å². The van der Waals surface area contributed by atoms with E-state index in [-0.39, 0.29) is 0 Å². The van der Waals surface area contributed by atoms with Gasteiger partial charge in [0.1, 0.15) is 5.41 Å². The van der Waals surface area contributed by atoms with Gasteiger partial charge in [0, 0.05) is 27.8 Å². The van der Waals surface area contributed by atoms with Gasteiger partial charge in [0.15, 0.2) is 0 Å². The third-order valence-electron chi connectivity index (χ3n) is 2.83. The van der Waals surface area contributed by atoms with Gasteiger partial charge in [-0.3, -0.25) is 9.69 Å². The summed E-state index contributed by atoms with van der Waals surface area (Å²) in [5.41, 5.74) is -0.705. The van der Waals surface area contributed by atoms with Crippen LogP contribution in [-0.4, -0.2) is 42.8 Å². The molecule has 0 aliphatic carbocycles. The molecule has 0 aromatic carbocycles. The Kier molecular flexibility index (Phi) is 3.87. The summed E-state index contributed by atoms with van der Waals surface area (Å²) in [6, 6.07) is 2.06. The Morgan fingerprint density at radius 1 is 1.71 bits per heavy atom. The summed E-state index contributed by atoms with van der Waals surface area (Å²) in [7, 11) is 1.94. The molecule has 1 fully saturated rings. The summed E-state index contributed by atoms with van der Waals surface area (Å²) in [6.07, 6.45) is 0. The highest BCUT2D eigenvalue weighted by Crippen LogP contribution is 2.29. The van der Waals surface area contributed by atoms with E-state index in [0.717, 1.165) is 11.0 Å². The van der Waals surface area contributed by atoms with Crippen LogP contribution in [0.2, 0.25) is 0 Å². The Morgan fingerprint density at radius 3 is 2.82 bits per heavy atom. The number of ether oxygens (including phenoxy) is 1. The molecule has 1 aromatic rings. The molecule has 17 heavy (non-hydrogen) atoms. The number of aliphatic carboxylic acids is 1. The molecule has 0 unspecified atom stereocenters. The van der Waals surface area contributed by atoms with Crippen LogP contribution in [0, 0.1) is 5.41 Å². The van der Waals surface area contributed by atoms with E-state index in [9.17, 15) is 9.90 Å². The Hall–Kier alpha value is -0.430. The number of carboxylic acids is 1. The molecule has 0 spiro atoms. The van der Waals surface area contributed by atoms with Crippen LogP contribution in [0.4, 0.5) is 0 Å². The van der Waals surface area contributed by atoms with Gasteiger partial charge in [0.2, 0.25) is 0 Å². The van der Waals surface area contributed by atoms with E-state index in [0.29, 0.717) is 19.8 Å². The molecule has 1 N–H and O–H groups in total. The van der Waals surface area contributed by atoms with Crippen LogP contribution >= 0.6 is 27.3 Å². The molecule has 4 nitrogen and oxygen atoms in total. The molecule has 0 atom stereocenters. The Morgan fingerprint density at radius 2 is 2.41 bits per heavy atom. The van der Waals surface area contributed by atoms with E-state index < -0.39 is 11.4 Å². The molecule has 0 radical (unpaired) electrons. The van der Waals surface area contributed by atoms with E-state index in [1.807, 2.05) is 17.3 Å². The number of carboxylic acid groups (broad SMARTS) is 1. The van der Waals surface area contributed by atoms with Gasteiger partial charge in [-0.2, -0.15) is 0 Å². The fourth-order valence-corrected chi connectivity index (χ4v) is 3.44. The maximum Gasteiger partial charge on any atom is 0.315 e. The van der Waals surface area contributed by atoms with E-state index in [2.05, 4.69) is 22.0 Å². The minimum atomic E-state index is -0.761. The topological polar surface area (TPSA) is 49.8 Å². The molecule has 1 saturated heterocycles. The molecular formula is C11H14BrNO3S. The van der Waals surface area contributed by atoms with E-state index in [4.69, 9.17) is 4.74 Å². The summed E-state index contributed by atoms with van der Waals surface area (Å²) in [5.74, 6) is -0.761. The maximum atomic E-state index is 11.2. The normalized spacial score (nSPS) is 18.1. The van der Waals surface area contributed by atoms with Crippen molar-refractivity contribution in [3.63, 3.8) is 0 Å². The van der Waals surface area contributed by atoms with Gasteiger partial charge in [0.25, 0.3) is 0 Å². The minimum Gasteiger partial charge on any atom is -0.481 e. The standard InChI is InChI=1S/C11H14BrNO3S/c1-13(3-9-2-8(12)4-17-9)5-11(10(14)15)6-16-7-11/h2,4H,3,5-7H2,1H3,(H,14,15). The highest BCUT2D eigenvalue weighted by molar-refractivity contribution is 9.10. The molecule has 1 aliphatic heterocycles. The van der Waals surface area contributed by atoms with Crippen LogP contribution in [0.1, 0.15) is 4.88 Å². The average molecular weight is 320 g/mol. The average Bonchev–Trinajstić information content (AvgIpc) is 2.57. The van der Waals surface area contributed by atoms with Gasteiger partial charge in [0.05, 0.1) is 13.2 Å². The predicted molar refractivity (Wildman–Crippen MR) is 69.2 cm³/mol. The Bertz CT molecular complexity index is 417. The molecule has 0 bridgehead atoms. The van der Waals surface area contributed by atoms with Gasteiger partial charge in [-0.1, -0.05) is 0 Å². The second kappa shape index (κ2) is 5.06. The molecule has 94 valence electrons. The zero-order valence-corrected chi connectivity index (χ0v) is 11.9. The Labute approximate surface area is 112 Å². The van der Waals surface area contributed by atoms with Crippen molar-refractivity contribution in [3.8, 4) is 0 Å². The number of carbonyl (C=O) groups is 1. The Balaban J connectivity index is 1.92. The van der Waals surface area contributed by atoms with Gasteiger partial charge in [-0.25, -0.2) is 0 Å². The summed E-state index contributed by atoms with van der Waals surface area (Å²) >= 11 is 5.08. The van der Waals surface area contributed by atoms with Crippen molar-refractivity contribution in [3.05, 3.63) is 20.8 Å². The largest absolute Gasteiger partial charge is 0.481 e. The summed E-state index contributed by atoms with van der Waals surface area (Å²) < 4.78 is 6.12. The van der Waals surface area contributed by atoms with Crippen LogP contribution in [-0.2, 0) is 16.1 Å². The quantitative estimate of drug-likeness (QED) is 0.902. The molecule has 6 heteroatoms. The van der Waals surface area contributed by atoms with Crippen LogP contribution in [0.5, 0.6) is 0 Å². The highest BCUT2D eigenvalue weighted by Gasteiger charge is 2.46. The third-order valence-corrected chi connectivity index (χ3v) is 4.51. The lowest BCUT2D eigenvalue weighted by molar-refractivity contribution is -0.183. The van der Waals surface area contributed by atoms with Crippen molar-refractivity contribution in [1.29, 1.82) is 0 Å². The number of hydrogen-bond acceptors (Lipinski definition) is 4. The number of nitrogens with zero attached hydrogens (tertiary/aromatic N) is 1. The summed E-state index contributed by atoms with van der Waals surface area (Å²) in [6.45, 7) is 1.94. The lowest BCUT2D eigenvalue weighted by atomic mass is 9.85. The number of halogens is 1. The lowest BCUT2D eigenvalue weighted by Gasteiger charge is -2.39. The molecular weight excluding hydrogens is 306 g/mol. The zero-order valence-electron chi connectivity index (χ0n) is 9.48. The van der Waals surface area contributed by atoms with E-state index >= 15 is 0 Å². The van der Waals surface area contributed by atoms with Crippen LogP contribution < -0.4 is 0 Å². The van der Waals surface area contributed by atoms with Gasteiger partial charge < -0.3 is 9.84 Å². The molecule has 1 aromatic heterocycles. The molecule has 1 aliphatic rings. The molecule has 2 heterocycles. The van der Waals surface area contributed by atoms with Crippen molar-refractivity contribution >= 4 is 33.2 Å². The number of rotatable bonds is 5. The fraction of sp³-hybridized carbons (Fsp3) is 0.545. The second-order valence-electron chi connectivity index (χ2n) is 4.48. The van der Waals surface area contributed by atoms with Crippen molar-refractivity contribution in [2.24, 2.45) is 5.41 Å². The molecule has 0 amide bonds. The monoisotopic (exact) mass is 319 g/mol. The van der Waals surface area contributed by atoms with Crippen LogP contribution in [0.3, 0.4) is 0 Å². The lowest BCUT2D eigenvalue weighted by Crippen LogP contribution is -2.55. The molecule has 0 saturated carbocycles. The van der Waals surface area contributed by atoms with Crippen molar-refractivity contribution in [2.75, 3.05) is 26.8 Å². The SMILES string of the molecule is CN(Cc1cc(Br)cs1)CC1(C(=O)O)COC1. The highest BCUT2D eigenvalue weighted by atomic mass is 79.9. The maximum absolute atomic E-state index is 11.2. The van der Waals surface area contributed by atoms with Gasteiger partial charge in [-0.15, -0.1) is 11.3 Å². The fourth-order valence-electron chi connectivity index (χ4n) is 1.91. The first-order valence-electron chi connectivity index (χ1n) is 5.24. The predicted octanol–water partition coefficient (Wildman–Crippen LogP) is 2.04. The summed E-state index contributed by atoms with van der Waals surface area (Å²) in [4.78, 5) is 14.4. The molecule has 2 rings (SSSR count). The zero-order chi connectivity index (χ0) is 12.5. The number of thiophene rings is 1. The van der Waals surface area contributed by atoms with E-state index in [1.165, 1.54) is 4.88 Å².